The molecular weight excluding hydrogens is 319 g/mol. The van der Waals surface area contributed by atoms with E-state index >= 15 is 0 Å². The van der Waals surface area contributed by atoms with Crippen LogP contribution in [-0.2, 0) is 0 Å². The first kappa shape index (κ1) is 10.8. The molecule has 17 heavy (non-hydrogen) atoms. The highest BCUT2D eigenvalue weighted by Gasteiger charge is 1.99. The topological polar surface area (TPSA) is 0 Å². The molecule has 0 saturated heterocycles. The van der Waals surface area contributed by atoms with E-state index in [-0.39, 0.29) is 0 Å². The molecule has 0 atom stereocenters. The van der Waals surface area contributed by atoms with Gasteiger partial charge in [-0.3, -0.25) is 0 Å². The predicted molar refractivity (Wildman–Crippen MR) is 82.1 cm³/mol. The van der Waals surface area contributed by atoms with Crippen LogP contribution in [0.1, 0.15) is 0 Å². The van der Waals surface area contributed by atoms with E-state index in [9.17, 15) is 0 Å². The molecule has 0 fully saturated rings. The maximum Gasteiger partial charge on any atom is 0.0136 e. The highest BCUT2D eigenvalue weighted by molar-refractivity contribution is 14.1. The van der Waals surface area contributed by atoms with E-state index in [2.05, 4.69) is 83.3 Å². The van der Waals surface area contributed by atoms with E-state index in [1.165, 1.54) is 25.5 Å². The lowest BCUT2D eigenvalue weighted by Gasteiger charge is -2.04. The van der Waals surface area contributed by atoms with Crippen molar-refractivity contribution in [3.05, 3.63) is 70.3 Å². The Labute approximate surface area is 114 Å². The van der Waals surface area contributed by atoms with Crippen LogP contribution in [0.4, 0.5) is 0 Å². The standard InChI is InChI=1S/C16H11I/c17-16-9-8-13-6-7-14(10-15(13)11-16)12-4-2-1-3-5-12/h1-11H. The molecule has 0 aliphatic rings. The fourth-order valence-electron chi connectivity index (χ4n) is 2.03. The van der Waals surface area contributed by atoms with E-state index in [0.717, 1.165) is 0 Å². The lowest BCUT2D eigenvalue weighted by molar-refractivity contribution is 1.63. The molecule has 0 bridgehead atoms. The summed E-state index contributed by atoms with van der Waals surface area (Å²) in [6.45, 7) is 0. The second-order valence-electron chi connectivity index (χ2n) is 4.07. The van der Waals surface area contributed by atoms with Gasteiger partial charge in [-0.05, 0) is 62.7 Å². The third-order valence-electron chi connectivity index (χ3n) is 2.91. The minimum Gasteiger partial charge on any atom is -0.0622 e. The SMILES string of the molecule is Ic1ccc2ccc(-c3ccccc3)cc2c1. The quantitative estimate of drug-likeness (QED) is 0.544. The van der Waals surface area contributed by atoms with E-state index in [4.69, 9.17) is 0 Å². The molecule has 1 heteroatoms. The summed E-state index contributed by atoms with van der Waals surface area (Å²) in [5.74, 6) is 0. The second-order valence-corrected chi connectivity index (χ2v) is 5.32. The summed E-state index contributed by atoms with van der Waals surface area (Å²) in [5.41, 5.74) is 2.55. The van der Waals surface area contributed by atoms with Gasteiger partial charge in [0.1, 0.15) is 0 Å². The Hall–Kier alpha value is -1.35. The van der Waals surface area contributed by atoms with Gasteiger partial charge in [0, 0.05) is 3.57 Å². The first-order chi connectivity index (χ1) is 8.33. The number of rotatable bonds is 1. The third-order valence-corrected chi connectivity index (χ3v) is 3.58. The summed E-state index contributed by atoms with van der Waals surface area (Å²) in [5, 5.41) is 2.60. The number of fused-ring (bicyclic) bond motifs is 1. The average molecular weight is 330 g/mol. The summed E-state index contributed by atoms with van der Waals surface area (Å²) in [6.07, 6.45) is 0. The van der Waals surface area contributed by atoms with Gasteiger partial charge in [-0.1, -0.05) is 48.5 Å². The predicted octanol–water partition coefficient (Wildman–Crippen LogP) is 5.11. The molecule has 3 rings (SSSR count). The summed E-state index contributed by atoms with van der Waals surface area (Å²) in [6, 6.07) is 23.7. The molecule has 0 amide bonds. The number of hydrogen-bond acceptors (Lipinski definition) is 0. The largest absolute Gasteiger partial charge is 0.0622 e. The molecule has 0 saturated carbocycles. The van der Waals surface area contributed by atoms with Crippen molar-refractivity contribution >= 4 is 33.4 Å². The second kappa shape index (κ2) is 4.49. The molecule has 0 spiro atoms. The van der Waals surface area contributed by atoms with Crippen molar-refractivity contribution in [3.8, 4) is 11.1 Å². The van der Waals surface area contributed by atoms with Crippen molar-refractivity contribution in [1.29, 1.82) is 0 Å². The molecule has 0 radical (unpaired) electrons. The number of hydrogen-bond donors (Lipinski definition) is 0. The molecule has 0 N–H and O–H groups in total. The summed E-state index contributed by atoms with van der Waals surface area (Å²) in [4.78, 5) is 0. The Bertz CT molecular complexity index is 657. The van der Waals surface area contributed by atoms with Crippen molar-refractivity contribution in [2.24, 2.45) is 0 Å². The zero-order chi connectivity index (χ0) is 11.7. The molecule has 3 aromatic carbocycles. The Kier molecular flexibility index (Phi) is 2.85. The van der Waals surface area contributed by atoms with Crippen LogP contribution >= 0.6 is 22.6 Å². The van der Waals surface area contributed by atoms with Gasteiger partial charge < -0.3 is 0 Å². The molecule has 3 aromatic rings. The smallest absolute Gasteiger partial charge is 0.0136 e. The monoisotopic (exact) mass is 330 g/mol. The molecule has 82 valence electrons. The van der Waals surface area contributed by atoms with Crippen LogP contribution in [0.3, 0.4) is 0 Å². The fraction of sp³-hybridized carbons (Fsp3) is 0. The van der Waals surface area contributed by atoms with Gasteiger partial charge in [0.25, 0.3) is 0 Å². The lowest BCUT2D eigenvalue weighted by Crippen LogP contribution is -1.79. The van der Waals surface area contributed by atoms with E-state index in [1.807, 2.05) is 6.07 Å². The van der Waals surface area contributed by atoms with Gasteiger partial charge in [-0.2, -0.15) is 0 Å². The van der Waals surface area contributed by atoms with Crippen LogP contribution in [0, 0.1) is 3.57 Å². The van der Waals surface area contributed by atoms with Gasteiger partial charge in [-0.25, -0.2) is 0 Å². The lowest BCUT2D eigenvalue weighted by atomic mass is 10.0. The molecule has 0 aliphatic heterocycles. The summed E-state index contributed by atoms with van der Waals surface area (Å²) < 4.78 is 1.28. The summed E-state index contributed by atoms with van der Waals surface area (Å²) in [7, 11) is 0. The normalized spacial score (nSPS) is 10.6. The Morgan fingerprint density at radius 2 is 1.35 bits per heavy atom. The van der Waals surface area contributed by atoms with Crippen LogP contribution in [0.2, 0.25) is 0 Å². The van der Waals surface area contributed by atoms with Crippen LogP contribution in [0.25, 0.3) is 21.9 Å². The van der Waals surface area contributed by atoms with Crippen LogP contribution in [0.5, 0.6) is 0 Å². The molecule has 0 aromatic heterocycles. The van der Waals surface area contributed by atoms with Crippen molar-refractivity contribution in [3.63, 3.8) is 0 Å². The molecule has 0 nitrogen and oxygen atoms in total. The molecule has 0 aliphatic carbocycles. The minimum atomic E-state index is 1.27. The third kappa shape index (κ3) is 2.20. The van der Waals surface area contributed by atoms with Gasteiger partial charge in [0.05, 0.1) is 0 Å². The van der Waals surface area contributed by atoms with Crippen molar-refractivity contribution < 1.29 is 0 Å². The van der Waals surface area contributed by atoms with Crippen LogP contribution in [-0.4, -0.2) is 0 Å². The van der Waals surface area contributed by atoms with Gasteiger partial charge in [-0.15, -0.1) is 0 Å². The van der Waals surface area contributed by atoms with Crippen molar-refractivity contribution in [2.45, 2.75) is 0 Å². The van der Waals surface area contributed by atoms with Crippen molar-refractivity contribution in [2.75, 3.05) is 0 Å². The van der Waals surface area contributed by atoms with Gasteiger partial charge in [0.2, 0.25) is 0 Å². The Morgan fingerprint density at radius 1 is 0.588 bits per heavy atom. The molecule has 0 heterocycles. The van der Waals surface area contributed by atoms with Gasteiger partial charge >= 0.3 is 0 Å². The highest BCUT2D eigenvalue weighted by Crippen LogP contribution is 2.25. The number of halogens is 1. The Balaban J connectivity index is 2.19. The first-order valence-electron chi connectivity index (χ1n) is 5.58. The first-order valence-corrected chi connectivity index (χ1v) is 6.65. The Morgan fingerprint density at radius 3 is 2.18 bits per heavy atom. The zero-order valence-corrected chi connectivity index (χ0v) is 11.4. The van der Waals surface area contributed by atoms with Gasteiger partial charge in [0.15, 0.2) is 0 Å². The maximum absolute atomic E-state index is 2.35. The number of benzene rings is 3. The highest BCUT2D eigenvalue weighted by atomic mass is 127. The molecular formula is C16H11I. The van der Waals surface area contributed by atoms with E-state index in [0.29, 0.717) is 0 Å². The van der Waals surface area contributed by atoms with E-state index < -0.39 is 0 Å². The summed E-state index contributed by atoms with van der Waals surface area (Å²) >= 11 is 2.35. The van der Waals surface area contributed by atoms with Crippen molar-refractivity contribution in [1.82, 2.24) is 0 Å². The fourth-order valence-corrected chi connectivity index (χ4v) is 2.54. The van der Waals surface area contributed by atoms with Crippen LogP contribution < -0.4 is 0 Å². The molecule has 0 unspecified atom stereocenters. The van der Waals surface area contributed by atoms with E-state index in [1.54, 1.807) is 0 Å². The zero-order valence-electron chi connectivity index (χ0n) is 9.23. The average Bonchev–Trinajstić information content (AvgIpc) is 2.39. The van der Waals surface area contributed by atoms with Crippen LogP contribution in [0.15, 0.2) is 66.7 Å². The maximum atomic E-state index is 2.35. The minimum absolute atomic E-state index is 1.27.